The van der Waals surface area contributed by atoms with Gasteiger partial charge in [-0.15, -0.1) is 0 Å². The van der Waals surface area contributed by atoms with Crippen LogP contribution in [0.3, 0.4) is 0 Å². The average molecular weight is 1110 g/mol. The van der Waals surface area contributed by atoms with E-state index in [0.29, 0.717) is 16.8 Å². The van der Waals surface area contributed by atoms with Crippen molar-refractivity contribution in [1.82, 2.24) is 52.2 Å². The number of primary amides is 1. The molecule has 0 radical (unpaired) electrons. The molecule has 5 aromatic rings. The molecular formula is C52H67N15O9S2. The van der Waals surface area contributed by atoms with Crippen molar-refractivity contribution >= 4 is 85.7 Å². The van der Waals surface area contributed by atoms with Gasteiger partial charge in [-0.25, -0.2) is 4.98 Å². The van der Waals surface area contributed by atoms with E-state index >= 15 is 0 Å². The number of aliphatic imine (C=N–C) groups is 1. The summed E-state index contributed by atoms with van der Waals surface area (Å²) in [5.41, 5.74) is 26.3. The zero-order chi connectivity index (χ0) is 56.1. The number of amides is 8. The average Bonchev–Trinajstić information content (AvgIpc) is 4.09. The highest BCUT2D eigenvalue weighted by atomic mass is 33.1. The molecule has 1 aliphatic rings. The number of hydrogen-bond donors (Lipinski definition) is 14. The number of H-pyrrole nitrogens is 2. The van der Waals surface area contributed by atoms with Gasteiger partial charge in [-0.2, -0.15) is 0 Å². The number of guanidine groups is 1. The molecule has 78 heavy (non-hydrogen) atoms. The molecule has 1 aliphatic heterocycles. The fourth-order valence-electron chi connectivity index (χ4n) is 8.46. The number of carbonyl (C=O) groups excluding carboxylic acids is 8. The van der Waals surface area contributed by atoms with Gasteiger partial charge < -0.3 is 75.2 Å². The molecule has 1 fully saturated rings. The van der Waals surface area contributed by atoms with Crippen molar-refractivity contribution in [2.45, 2.75) is 106 Å². The van der Waals surface area contributed by atoms with E-state index < -0.39 is 102 Å². The van der Waals surface area contributed by atoms with Crippen molar-refractivity contribution in [3.63, 3.8) is 0 Å². The van der Waals surface area contributed by atoms with Crippen molar-refractivity contribution in [3.8, 4) is 0 Å². The van der Waals surface area contributed by atoms with Crippen molar-refractivity contribution in [1.29, 1.82) is 0 Å². The molecule has 3 aromatic carbocycles. The number of aliphatic hydroxyl groups is 1. The topological polar surface area (TPSA) is 402 Å². The first-order valence-corrected chi connectivity index (χ1v) is 27.7. The second-order valence-corrected chi connectivity index (χ2v) is 21.3. The Hall–Kier alpha value is -7.94. The van der Waals surface area contributed by atoms with Crippen LogP contribution in [0.4, 0.5) is 0 Å². The normalized spacial score (nSPS) is 21.4. The minimum atomic E-state index is -1.55. The molecule has 18 N–H and O–H groups in total. The zero-order valence-corrected chi connectivity index (χ0v) is 44.4. The minimum Gasteiger partial charge on any atom is -0.391 e. The molecule has 416 valence electrons. The molecule has 0 spiro atoms. The van der Waals surface area contributed by atoms with Crippen molar-refractivity contribution < 1.29 is 43.5 Å². The number of nitrogens with zero attached hydrogens (tertiary/aromatic N) is 2. The maximum absolute atomic E-state index is 14.8. The van der Waals surface area contributed by atoms with Crippen LogP contribution in [-0.2, 0) is 64.0 Å². The first-order valence-electron chi connectivity index (χ1n) is 25.2. The molecule has 6 rings (SSSR count). The second kappa shape index (κ2) is 29.5. The molecule has 2 aromatic heterocycles. The van der Waals surface area contributed by atoms with Gasteiger partial charge in [0.05, 0.1) is 18.5 Å². The number of imidazole rings is 1. The highest BCUT2D eigenvalue weighted by Crippen LogP contribution is 2.25. The van der Waals surface area contributed by atoms with E-state index in [1.807, 2.05) is 24.3 Å². The highest BCUT2D eigenvalue weighted by molar-refractivity contribution is 8.76. The molecule has 3 heterocycles. The largest absolute Gasteiger partial charge is 0.391 e. The summed E-state index contributed by atoms with van der Waals surface area (Å²) in [5, 5.41) is 30.2. The lowest BCUT2D eigenvalue weighted by atomic mass is 10.0. The summed E-state index contributed by atoms with van der Waals surface area (Å²) in [5.74, 6) is -6.84. The molecule has 9 atom stereocenters. The minimum absolute atomic E-state index is 0.0483. The Labute approximate surface area is 457 Å². The molecule has 0 saturated carbocycles. The predicted molar refractivity (Wildman–Crippen MR) is 296 cm³/mol. The van der Waals surface area contributed by atoms with E-state index in [-0.39, 0.29) is 69.0 Å². The van der Waals surface area contributed by atoms with E-state index in [4.69, 9.17) is 22.9 Å². The number of benzene rings is 3. The zero-order valence-electron chi connectivity index (χ0n) is 42.8. The van der Waals surface area contributed by atoms with E-state index in [0.717, 1.165) is 27.3 Å². The summed E-state index contributed by atoms with van der Waals surface area (Å²) >= 11 is 0. The Kier molecular flexibility index (Phi) is 22.5. The number of hydrogen-bond acceptors (Lipinski definition) is 14. The first-order chi connectivity index (χ1) is 37.4. The van der Waals surface area contributed by atoms with Crippen LogP contribution in [0.2, 0.25) is 0 Å². The number of nitrogens with two attached hydrogens (primary N) is 4. The van der Waals surface area contributed by atoms with E-state index in [9.17, 15) is 43.5 Å². The third-order valence-electron chi connectivity index (χ3n) is 12.6. The van der Waals surface area contributed by atoms with E-state index in [2.05, 4.69) is 57.2 Å². The van der Waals surface area contributed by atoms with Crippen LogP contribution >= 0.6 is 21.6 Å². The third kappa shape index (κ3) is 18.1. The molecule has 0 bridgehead atoms. The maximum atomic E-state index is 14.8. The lowest BCUT2D eigenvalue weighted by Crippen LogP contribution is -2.61. The molecule has 0 aliphatic carbocycles. The van der Waals surface area contributed by atoms with Crippen LogP contribution in [0.1, 0.15) is 48.6 Å². The Bertz CT molecular complexity index is 2850. The summed E-state index contributed by atoms with van der Waals surface area (Å²) in [4.78, 5) is 128. The maximum Gasteiger partial charge on any atom is 0.244 e. The lowest BCUT2D eigenvalue weighted by Gasteiger charge is -2.28. The van der Waals surface area contributed by atoms with Crippen LogP contribution in [0, 0.1) is 0 Å². The van der Waals surface area contributed by atoms with E-state index in [1.54, 1.807) is 66.9 Å². The quantitative estimate of drug-likeness (QED) is 0.0207. The molecule has 1 saturated heterocycles. The standard InChI is InChI=1S/C52H67N15O9S2/c1-29(68)43(44(54)69)67-47(72)38-18-20-77-78-27-42(66-45(70)35(53)21-30-11-4-2-5-12-30)51(76)65-41(24-33-26-57-28-60-33)50(75)63-39(22-31-13-6-3-7-14-31)48(73)61-37(17-10-19-58-52(55)56)46(71)64-40(49(74)62-38)23-32-25-59-36-16-9-8-15-34(32)36/h2-9,11-16,25-26,28-29,35,37-43,59,68H,10,17-24,27,53H2,1H3,(H2,54,69)(H,57,60)(H,61,73)(H,62,74)(H,63,75)(H,64,71)(H,65,76)(H,66,70)(H,67,72)(H4,55,56,58)/t29-,35+,37+,38-,39-,40-,41+,42+,43+/m1/s1. The fourth-order valence-corrected chi connectivity index (χ4v) is 10.7. The Morgan fingerprint density at radius 3 is 2.00 bits per heavy atom. The number of carbonyl (C=O) groups is 8. The van der Waals surface area contributed by atoms with Crippen molar-refractivity contribution in [3.05, 3.63) is 126 Å². The number of aliphatic hydroxyl groups excluding tert-OH is 1. The van der Waals surface area contributed by atoms with Gasteiger partial charge in [0, 0.05) is 66.3 Å². The Morgan fingerprint density at radius 2 is 1.35 bits per heavy atom. The first kappa shape index (κ1) is 59.3. The fraction of sp³-hybridized carbons (Fsp3) is 0.385. The van der Waals surface area contributed by atoms with Gasteiger partial charge in [0.1, 0.15) is 42.3 Å². The number of nitrogens with one attached hydrogen (secondary N) is 9. The number of aromatic nitrogens is 3. The Morgan fingerprint density at radius 1 is 0.744 bits per heavy atom. The van der Waals surface area contributed by atoms with Crippen molar-refractivity contribution in [2.75, 3.05) is 18.1 Å². The van der Waals surface area contributed by atoms with Gasteiger partial charge in [0.25, 0.3) is 0 Å². The van der Waals surface area contributed by atoms with E-state index in [1.165, 1.54) is 30.2 Å². The SMILES string of the molecule is C[C@@H](O)[C@H](NC(=O)[C@H]1CCSSC[C@H](NC(=O)[C@@H](N)Cc2ccccc2)C(=O)N[C@@H](Cc2cnc[nH]2)C(=O)N[C@H](Cc2ccccc2)C(=O)N[C@@H](CCCN=C(N)N)C(=O)N[C@H](Cc2c[nH]c3ccccc23)C(=O)N1)C(N)=O. The lowest BCUT2D eigenvalue weighted by molar-refractivity contribution is -0.136. The molecule has 0 unspecified atom stereocenters. The number of fused-ring (bicyclic) bond motifs is 1. The van der Waals surface area contributed by atoms with Gasteiger partial charge in [-0.3, -0.25) is 43.3 Å². The smallest absolute Gasteiger partial charge is 0.244 e. The van der Waals surface area contributed by atoms with Gasteiger partial charge >= 0.3 is 0 Å². The van der Waals surface area contributed by atoms with Gasteiger partial charge in [-0.1, -0.05) is 100 Å². The van der Waals surface area contributed by atoms with Crippen molar-refractivity contribution in [2.24, 2.45) is 27.9 Å². The van der Waals surface area contributed by atoms with Gasteiger partial charge in [0.2, 0.25) is 47.3 Å². The Balaban J connectivity index is 1.40. The van der Waals surface area contributed by atoms with Gasteiger partial charge in [0.15, 0.2) is 5.96 Å². The molecule has 24 nitrogen and oxygen atoms in total. The summed E-state index contributed by atoms with van der Waals surface area (Å²) in [7, 11) is 2.30. The van der Waals surface area contributed by atoms with Crippen LogP contribution < -0.4 is 60.2 Å². The number of aromatic amines is 2. The number of para-hydroxylation sites is 1. The van der Waals surface area contributed by atoms with Crippen LogP contribution in [0.25, 0.3) is 10.9 Å². The summed E-state index contributed by atoms with van der Waals surface area (Å²) in [6.45, 7) is 1.30. The van der Waals surface area contributed by atoms with Crippen LogP contribution in [0.15, 0.2) is 109 Å². The van der Waals surface area contributed by atoms with Crippen LogP contribution in [0.5, 0.6) is 0 Å². The van der Waals surface area contributed by atoms with Crippen LogP contribution in [-0.4, -0.2) is 146 Å². The highest BCUT2D eigenvalue weighted by Gasteiger charge is 2.36. The number of rotatable bonds is 18. The molecule has 26 heteroatoms. The summed E-state index contributed by atoms with van der Waals surface area (Å²) in [6, 6.07) is 14.2. The monoisotopic (exact) mass is 1110 g/mol. The van der Waals surface area contributed by atoms with Gasteiger partial charge in [-0.05, 0) is 55.4 Å². The summed E-state index contributed by atoms with van der Waals surface area (Å²) < 4.78 is 0. The second-order valence-electron chi connectivity index (χ2n) is 18.7. The molecular weight excluding hydrogens is 1040 g/mol. The summed E-state index contributed by atoms with van der Waals surface area (Å²) in [6.07, 6.45) is 2.87. The third-order valence-corrected chi connectivity index (χ3v) is 15.1. The predicted octanol–water partition coefficient (Wildman–Crippen LogP) is -1.41. The molecule has 8 amide bonds.